The van der Waals surface area contributed by atoms with Gasteiger partial charge in [0.05, 0.1) is 14.4 Å². The Hall–Kier alpha value is -0.230. The fourth-order valence-corrected chi connectivity index (χ4v) is 3.94. The highest BCUT2D eigenvalue weighted by Gasteiger charge is 2.12. The van der Waals surface area contributed by atoms with Crippen LogP contribution >= 0.6 is 38.6 Å². The van der Waals surface area contributed by atoms with E-state index in [0.29, 0.717) is 6.54 Å². The summed E-state index contributed by atoms with van der Waals surface area (Å²) in [7, 11) is 0. The first-order chi connectivity index (χ1) is 7.74. The molecule has 2 heterocycles. The van der Waals surface area contributed by atoms with Gasteiger partial charge in [-0.05, 0) is 34.5 Å². The molecule has 2 N–H and O–H groups in total. The van der Waals surface area contributed by atoms with Gasteiger partial charge in [-0.3, -0.25) is 0 Å². The third-order valence-corrected chi connectivity index (χ3v) is 5.15. The van der Waals surface area contributed by atoms with Gasteiger partial charge < -0.3 is 5.73 Å². The standard InChI is InChI=1S/C11H13BrN2S2/c1-2-3-7-9(6-13)16-11(14-7)8-4-5-10(12)15-8/h4-5H,2-3,6,13H2,1H3. The molecule has 0 saturated heterocycles. The second kappa shape index (κ2) is 5.40. The Bertz CT molecular complexity index is 476. The Morgan fingerprint density at radius 1 is 1.38 bits per heavy atom. The summed E-state index contributed by atoms with van der Waals surface area (Å²) in [5, 5.41) is 1.10. The molecule has 5 heteroatoms. The van der Waals surface area contributed by atoms with Gasteiger partial charge in [0, 0.05) is 11.4 Å². The molecule has 0 spiro atoms. The van der Waals surface area contributed by atoms with Crippen LogP contribution in [-0.2, 0) is 13.0 Å². The van der Waals surface area contributed by atoms with Crippen LogP contribution in [0.5, 0.6) is 0 Å². The first-order valence-electron chi connectivity index (χ1n) is 5.19. The molecule has 16 heavy (non-hydrogen) atoms. The Morgan fingerprint density at radius 3 is 2.75 bits per heavy atom. The molecule has 2 aromatic heterocycles. The number of thiazole rings is 1. The van der Waals surface area contributed by atoms with Crippen molar-refractivity contribution in [3.05, 3.63) is 26.5 Å². The van der Waals surface area contributed by atoms with E-state index in [2.05, 4.69) is 40.0 Å². The van der Waals surface area contributed by atoms with Gasteiger partial charge in [-0.25, -0.2) is 4.98 Å². The van der Waals surface area contributed by atoms with Crippen molar-refractivity contribution in [2.45, 2.75) is 26.3 Å². The zero-order chi connectivity index (χ0) is 11.5. The molecule has 2 rings (SSSR count). The summed E-state index contributed by atoms with van der Waals surface area (Å²) < 4.78 is 1.14. The van der Waals surface area contributed by atoms with Crippen LogP contribution in [0.3, 0.4) is 0 Å². The molecule has 0 aliphatic rings. The summed E-state index contributed by atoms with van der Waals surface area (Å²) in [6, 6.07) is 4.16. The van der Waals surface area contributed by atoms with Crippen LogP contribution in [0.1, 0.15) is 23.9 Å². The van der Waals surface area contributed by atoms with E-state index >= 15 is 0 Å². The quantitative estimate of drug-likeness (QED) is 0.924. The first-order valence-corrected chi connectivity index (χ1v) is 7.61. The lowest BCUT2D eigenvalue weighted by Gasteiger charge is -1.94. The molecule has 0 unspecified atom stereocenters. The molecule has 0 fully saturated rings. The lowest BCUT2D eigenvalue weighted by Crippen LogP contribution is -1.97. The summed E-state index contributed by atoms with van der Waals surface area (Å²) in [5.41, 5.74) is 6.92. The number of thiophene rings is 1. The Balaban J connectivity index is 2.35. The molecule has 2 nitrogen and oxygen atoms in total. The average Bonchev–Trinajstić information content (AvgIpc) is 2.85. The Kier molecular flexibility index (Phi) is 4.13. The van der Waals surface area contributed by atoms with Crippen molar-refractivity contribution >= 4 is 38.6 Å². The highest BCUT2D eigenvalue weighted by molar-refractivity contribution is 9.11. The van der Waals surface area contributed by atoms with Gasteiger partial charge in [-0.1, -0.05) is 13.3 Å². The third-order valence-electron chi connectivity index (χ3n) is 2.23. The van der Waals surface area contributed by atoms with Crippen LogP contribution in [0.2, 0.25) is 0 Å². The minimum absolute atomic E-state index is 0.597. The van der Waals surface area contributed by atoms with Crippen molar-refractivity contribution < 1.29 is 0 Å². The van der Waals surface area contributed by atoms with Gasteiger partial charge in [-0.2, -0.15) is 0 Å². The minimum Gasteiger partial charge on any atom is -0.326 e. The summed E-state index contributed by atoms with van der Waals surface area (Å²) in [4.78, 5) is 7.12. The molecule has 0 aliphatic heterocycles. The summed E-state index contributed by atoms with van der Waals surface area (Å²) in [6.45, 7) is 2.76. The second-order valence-electron chi connectivity index (χ2n) is 3.45. The van der Waals surface area contributed by atoms with Gasteiger partial charge in [-0.15, -0.1) is 22.7 Å². The van der Waals surface area contributed by atoms with Gasteiger partial charge in [0.2, 0.25) is 0 Å². The Labute approximate surface area is 112 Å². The van der Waals surface area contributed by atoms with E-state index in [9.17, 15) is 0 Å². The highest BCUT2D eigenvalue weighted by atomic mass is 79.9. The van der Waals surface area contributed by atoms with Crippen LogP contribution < -0.4 is 5.73 Å². The third kappa shape index (κ3) is 2.53. The molecular weight excluding hydrogens is 304 g/mol. The predicted molar refractivity (Wildman–Crippen MR) is 75.0 cm³/mol. The number of hydrogen-bond donors (Lipinski definition) is 1. The molecule has 0 aromatic carbocycles. The molecule has 0 radical (unpaired) electrons. The number of rotatable bonds is 4. The van der Waals surface area contributed by atoms with Crippen molar-refractivity contribution in [3.8, 4) is 9.88 Å². The SMILES string of the molecule is CCCc1nc(-c2ccc(Br)s2)sc1CN. The van der Waals surface area contributed by atoms with Gasteiger partial charge >= 0.3 is 0 Å². The number of aryl methyl sites for hydroxylation is 1. The number of nitrogens with zero attached hydrogens (tertiary/aromatic N) is 1. The van der Waals surface area contributed by atoms with Crippen molar-refractivity contribution in [3.63, 3.8) is 0 Å². The molecule has 86 valence electrons. The monoisotopic (exact) mass is 316 g/mol. The zero-order valence-electron chi connectivity index (χ0n) is 9.00. The number of hydrogen-bond acceptors (Lipinski definition) is 4. The van der Waals surface area contributed by atoms with E-state index in [1.807, 2.05) is 0 Å². The number of halogens is 1. The van der Waals surface area contributed by atoms with E-state index in [0.717, 1.165) is 21.6 Å². The fourth-order valence-electron chi connectivity index (χ4n) is 1.51. The topological polar surface area (TPSA) is 38.9 Å². The van der Waals surface area contributed by atoms with Gasteiger partial charge in [0.1, 0.15) is 5.01 Å². The maximum atomic E-state index is 5.74. The number of aromatic nitrogens is 1. The van der Waals surface area contributed by atoms with E-state index in [-0.39, 0.29) is 0 Å². The highest BCUT2D eigenvalue weighted by Crippen LogP contribution is 2.35. The second-order valence-corrected chi connectivity index (χ2v) is 6.99. The average molecular weight is 317 g/mol. The van der Waals surface area contributed by atoms with Gasteiger partial charge in [0.25, 0.3) is 0 Å². The van der Waals surface area contributed by atoms with E-state index in [1.54, 1.807) is 22.7 Å². The van der Waals surface area contributed by atoms with Crippen molar-refractivity contribution in [2.75, 3.05) is 0 Å². The molecular formula is C11H13BrN2S2. The summed E-state index contributed by atoms with van der Waals surface area (Å²) >= 11 is 6.91. The van der Waals surface area contributed by atoms with Crippen LogP contribution in [0.25, 0.3) is 9.88 Å². The maximum absolute atomic E-state index is 5.74. The minimum atomic E-state index is 0.597. The Morgan fingerprint density at radius 2 is 2.19 bits per heavy atom. The van der Waals surface area contributed by atoms with Crippen molar-refractivity contribution in [2.24, 2.45) is 5.73 Å². The fraction of sp³-hybridized carbons (Fsp3) is 0.364. The summed E-state index contributed by atoms with van der Waals surface area (Å²) in [5.74, 6) is 0. The largest absolute Gasteiger partial charge is 0.326 e. The van der Waals surface area contributed by atoms with Crippen LogP contribution in [0.15, 0.2) is 15.9 Å². The molecule has 2 aromatic rings. The molecule has 0 amide bonds. The van der Waals surface area contributed by atoms with Crippen LogP contribution in [0, 0.1) is 0 Å². The zero-order valence-corrected chi connectivity index (χ0v) is 12.2. The first kappa shape index (κ1) is 12.2. The van der Waals surface area contributed by atoms with Gasteiger partial charge in [0.15, 0.2) is 0 Å². The van der Waals surface area contributed by atoms with E-state index in [4.69, 9.17) is 5.73 Å². The molecule has 0 aliphatic carbocycles. The van der Waals surface area contributed by atoms with E-state index in [1.165, 1.54) is 15.4 Å². The maximum Gasteiger partial charge on any atom is 0.133 e. The summed E-state index contributed by atoms with van der Waals surface area (Å²) in [6.07, 6.45) is 2.14. The molecule has 0 bridgehead atoms. The van der Waals surface area contributed by atoms with Crippen molar-refractivity contribution in [1.29, 1.82) is 0 Å². The smallest absolute Gasteiger partial charge is 0.133 e. The lowest BCUT2D eigenvalue weighted by molar-refractivity contribution is 0.872. The lowest BCUT2D eigenvalue weighted by atomic mass is 10.2. The predicted octanol–water partition coefficient (Wildman–Crippen LogP) is 4.05. The van der Waals surface area contributed by atoms with Crippen LogP contribution in [-0.4, -0.2) is 4.98 Å². The van der Waals surface area contributed by atoms with E-state index < -0.39 is 0 Å². The molecule has 0 atom stereocenters. The molecule has 0 saturated carbocycles. The van der Waals surface area contributed by atoms with Crippen molar-refractivity contribution in [1.82, 2.24) is 4.98 Å². The number of nitrogens with two attached hydrogens (primary N) is 1. The normalized spacial score (nSPS) is 10.9. The van der Waals surface area contributed by atoms with Crippen LogP contribution in [0.4, 0.5) is 0 Å².